The third-order valence-corrected chi connectivity index (χ3v) is 12.4. The first-order valence-corrected chi connectivity index (χ1v) is 13.4. The van der Waals surface area contributed by atoms with Gasteiger partial charge in [0.25, 0.3) is 8.32 Å². The predicted octanol–water partition coefficient (Wildman–Crippen LogP) is 3.73. The number of rotatable bonds is 6. The smallest absolute Gasteiger partial charge is 0.326 e. The molecule has 0 amide bonds. The van der Waals surface area contributed by atoms with E-state index in [1.807, 2.05) is 0 Å². The highest BCUT2D eigenvalue weighted by atomic mass is 28.4. The number of carbonyl (C=O) groups excluding carboxylic acids is 1. The van der Waals surface area contributed by atoms with Crippen LogP contribution in [0.3, 0.4) is 0 Å². The first kappa shape index (κ1) is 22.2. The Hall–Kier alpha value is -1.95. The molecule has 5 heteroatoms. The minimum Gasteiger partial charge on any atom is -0.468 e. The van der Waals surface area contributed by atoms with Crippen molar-refractivity contribution in [3.63, 3.8) is 0 Å². The number of benzene rings is 2. The number of carbonyl (C=O) groups is 1. The Morgan fingerprint density at radius 2 is 1.61 bits per heavy atom. The maximum atomic E-state index is 12.7. The van der Waals surface area contributed by atoms with Crippen LogP contribution in [0, 0.1) is 0 Å². The van der Waals surface area contributed by atoms with Crippen molar-refractivity contribution in [2.45, 2.75) is 63.1 Å². The number of esters is 1. The van der Waals surface area contributed by atoms with Gasteiger partial charge in [-0.05, 0) is 47.6 Å². The minimum absolute atomic E-state index is 0.0429. The van der Waals surface area contributed by atoms with Crippen molar-refractivity contribution in [1.82, 2.24) is 4.90 Å². The van der Waals surface area contributed by atoms with Gasteiger partial charge in [0.15, 0.2) is 0 Å². The van der Waals surface area contributed by atoms with Gasteiger partial charge >= 0.3 is 5.97 Å². The van der Waals surface area contributed by atoms with Crippen molar-refractivity contribution in [3.8, 4) is 0 Å². The molecule has 2 atom stereocenters. The third kappa shape index (κ3) is 3.67. The normalized spacial score (nSPS) is 24.2. The minimum atomic E-state index is -2.56. The molecule has 0 aliphatic carbocycles. The van der Waals surface area contributed by atoms with Crippen molar-refractivity contribution in [2.75, 3.05) is 20.3 Å². The molecule has 166 valence electrons. The van der Waals surface area contributed by atoms with Gasteiger partial charge in [-0.1, -0.05) is 81.4 Å². The van der Waals surface area contributed by atoms with Gasteiger partial charge in [-0.15, -0.1) is 0 Å². The fourth-order valence-electron chi connectivity index (χ4n) is 5.93. The van der Waals surface area contributed by atoms with Crippen molar-refractivity contribution < 1.29 is 14.0 Å². The molecule has 2 heterocycles. The number of hydrogen-bond donors (Lipinski definition) is 0. The molecule has 2 aliphatic rings. The summed E-state index contributed by atoms with van der Waals surface area (Å²) in [7, 11) is -1.05. The van der Waals surface area contributed by atoms with Crippen molar-refractivity contribution in [3.05, 3.63) is 60.7 Å². The van der Waals surface area contributed by atoms with E-state index in [-0.39, 0.29) is 17.0 Å². The number of hydrogen-bond acceptors (Lipinski definition) is 4. The molecule has 2 fully saturated rings. The van der Waals surface area contributed by atoms with Crippen LogP contribution in [0.25, 0.3) is 0 Å². The van der Waals surface area contributed by atoms with Crippen molar-refractivity contribution >= 4 is 24.7 Å². The molecule has 2 aliphatic heterocycles. The monoisotopic (exact) mass is 437 g/mol. The van der Waals surface area contributed by atoms with Crippen molar-refractivity contribution in [1.29, 1.82) is 0 Å². The van der Waals surface area contributed by atoms with E-state index in [1.165, 1.54) is 17.5 Å². The summed E-state index contributed by atoms with van der Waals surface area (Å²) < 4.78 is 12.4. The summed E-state index contributed by atoms with van der Waals surface area (Å²) in [6.45, 7) is 8.52. The molecule has 2 aromatic rings. The van der Waals surface area contributed by atoms with Crippen LogP contribution >= 0.6 is 0 Å². The standard InChI is InChI=1S/C26H35NO3Si/c1-25(2,3)31(22-12-7-5-8-13-22,23-14-9-6-10-15-23)30-20-21-16-18-26(24(28)29-4)17-11-19-27(21)26/h5-10,12-15,21H,11,16-20H2,1-4H3. The molecule has 0 bridgehead atoms. The maximum Gasteiger partial charge on any atom is 0.326 e. The molecule has 0 radical (unpaired) electrons. The molecule has 4 rings (SSSR count). The highest BCUT2D eigenvalue weighted by Gasteiger charge is 2.56. The molecular formula is C26H35NO3Si. The van der Waals surface area contributed by atoms with Crippen LogP contribution < -0.4 is 10.4 Å². The quantitative estimate of drug-likeness (QED) is 0.510. The summed E-state index contributed by atoms with van der Waals surface area (Å²) >= 11 is 0. The summed E-state index contributed by atoms with van der Waals surface area (Å²) in [5, 5.41) is 2.55. The van der Waals surface area contributed by atoms with Crippen LogP contribution in [0.1, 0.15) is 46.5 Å². The Labute approximate surface area is 187 Å². The Bertz CT molecular complexity index is 856. The molecule has 0 saturated carbocycles. The zero-order chi connectivity index (χ0) is 22.1. The van der Waals surface area contributed by atoms with E-state index >= 15 is 0 Å². The molecule has 2 aromatic carbocycles. The van der Waals surface area contributed by atoms with Gasteiger partial charge in [0.1, 0.15) is 5.54 Å². The lowest BCUT2D eigenvalue weighted by Gasteiger charge is -2.44. The van der Waals surface area contributed by atoms with Gasteiger partial charge in [0.2, 0.25) is 0 Å². The number of methoxy groups -OCH3 is 1. The molecule has 0 aromatic heterocycles. The van der Waals surface area contributed by atoms with Gasteiger partial charge in [-0.3, -0.25) is 9.69 Å². The van der Waals surface area contributed by atoms with E-state index in [0.717, 1.165) is 32.2 Å². The second-order valence-electron chi connectivity index (χ2n) is 9.99. The molecule has 31 heavy (non-hydrogen) atoms. The predicted molar refractivity (Wildman–Crippen MR) is 127 cm³/mol. The molecule has 2 saturated heterocycles. The SMILES string of the molecule is COC(=O)C12CCCN1C(CO[Si](c1ccccc1)(c1ccccc1)C(C)(C)C)CC2. The molecule has 4 nitrogen and oxygen atoms in total. The van der Waals surface area contributed by atoms with E-state index in [9.17, 15) is 4.79 Å². The Kier molecular flexibility index (Phi) is 6.12. The van der Waals surface area contributed by atoms with Crippen LogP contribution in [-0.4, -0.2) is 51.0 Å². The maximum absolute atomic E-state index is 12.7. The van der Waals surface area contributed by atoms with Crippen LogP contribution in [0.5, 0.6) is 0 Å². The molecule has 0 spiro atoms. The average Bonchev–Trinajstić information content (AvgIpc) is 3.35. The Morgan fingerprint density at radius 3 is 2.13 bits per heavy atom. The topological polar surface area (TPSA) is 38.8 Å². The lowest BCUT2D eigenvalue weighted by Crippen LogP contribution is -2.67. The van der Waals surface area contributed by atoms with Crippen LogP contribution in [0.2, 0.25) is 5.04 Å². The zero-order valence-corrected chi connectivity index (χ0v) is 20.3. The van der Waals surface area contributed by atoms with Crippen LogP contribution in [-0.2, 0) is 14.0 Å². The highest BCUT2D eigenvalue weighted by Crippen LogP contribution is 2.44. The first-order valence-electron chi connectivity index (χ1n) is 11.5. The van der Waals surface area contributed by atoms with E-state index in [1.54, 1.807) is 0 Å². The fourth-order valence-corrected chi connectivity index (χ4v) is 10.5. The Balaban J connectivity index is 1.69. The third-order valence-electron chi connectivity index (χ3n) is 7.35. The van der Waals surface area contributed by atoms with Gasteiger partial charge < -0.3 is 9.16 Å². The van der Waals surface area contributed by atoms with Crippen LogP contribution in [0.15, 0.2) is 60.7 Å². The van der Waals surface area contributed by atoms with Gasteiger partial charge in [-0.2, -0.15) is 0 Å². The van der Waals surface area contributed by atoms with Gasteiger partial charge in [-0.25, -0.2) is 0 Å². The number of nitrogens with zero attached hydrogens (tertiary/aromatic N) is 1. The zero-order valence-electron chi connectivity index (χ0n) is 19.3. The molecule has 0 N–H and O–H groups in total. The largest absolute Gasteiger partial charge is 0.468 e. The van der Waals surface area contributed by atoms with Crippen LogP contribution in [0.4, 0.5) is 0 Å². The van der Waals surface area contributed by atoms with E-state index in [4.69, 9.17) is 9.16 Å². The van der Waals surface area contributed by atoms with Gasteiger partial charge in [0.05, 0.1) is 13.7 Å². The summed E-state index contributed by atoms with van der Waals surface area (Å²) in [6.07, 6.45) is 3.79. The molecular weight excluding hydrogens is 402 g/mol. The van der Waals surface area contributed by atoms with E-state index in [2.05, 4.69) is 86.3 Å². The summed E-state index contributed by atoms with van der Waals surface area (Å²) in [5.41, 5.74) is -0.436. The number of ether oxygens (including phenoxy) is 1. The summed E-state index contributed by atoms with van der Waals surface area (Å²) in [5.74, 6) is -0.0713. The lowest BCUT2D eigenvalue weighted by atomic mass is 9.94. The molecule has 2 unspecified atom stereocenters. The highest BCUT2D eigenvalue weighted by molar-refractivity contribution is 6.99. The Morgan fingerprint density at radius 1 is 1.03 bits per heavy atom. The summed E-state index contributed by atoms with van der Waals surface area (Å²) in [6, 6.07) is 21.8. The van der Waals surface area contributed by atoms with Gasteiger partial charge in [0, 0.05) is 6.04 Å². The first-order chi connectivity index (χ1) is 14.8. The van der Waals surface area contributed by atoms with E-state index in [0.29, 0.717) is 6.61 Å². The average molecular weight is 438 g/mol. The second-order valence-corrected chi connectivity index (χ2v) is 14.3. The van der Waals surface area contributed by atoms with E-state index < -0.39 is 13.9 Å². The lowest BCUT2D eigenvalue weighted by molar-refractivity contribution is -0.152. The van der Waals surface area contributed by atoms with Crippen molar-refractivity contribution in [2.24, 2.45) is 0 Å². The summed E-state index contributed by atoms with van der Waals surface area (Å²) in [4.78, 5) is 15.1. The number of fused-ring (bicyclic) bond motifs is 1. The second kappa shape index (κ2) is 8.53. The fraction of sp³-hybridized carbons (Fsp3) is 0.500.